The first-order valence-electron chi connectivity index (χ1n) is 10.4. The highest BCUT2D eigenvalue weighted by Crippen LogP contribution is 2.14. The Morgan fingerprint density at radius 1 is 0.400 bits per heavy atom. The van der Waals surface area contributed by atoms with Gasteiger partial charge in [0, 0.05) is 19.3 Å². The molecule has 0 aliphatic rings. The van der Waals surface area contributed by atoms with Crippen LogP contribution in [-0.4, -0.2) is 15.0 Å². The van der Waals surface area contributed by atoms with Crippen molar-refractivity contribution < 1.29 is 0 Å². The van der Waals surface area contributed by atoms with Gasteiger partial charge in [0.05, 0.1) is 0 Å². The van der Waals surface area contributed by atoms with E-state index in [2.05, 4.69) is 93.6 Å². The van der Waals surface area contributed by atoms with E-state index in [-0.39, 0.29) is 0 Å². The van der Waals surface area contributed by atoms with Crippen LogP contribution in [0, 0.1) is 20.8 Å². The second-order valence-electron chi connectivity index (χ2n) is 8.07. The minimum absolute atomic E-state index is 0.713. The molecule has 0 saturated carbocycles. The van der Waals surface area contributed by atoms with E-state index in [0.717, 1.165) is 17.5 Å². The molecule has 0 saturated heterocycles. The number of aryl methyl sites for hydroxylation is 3. The molecule has 3 aromatic carbocycles. The molecule has 3 nitrogen and oxygen atoms in total. The molecule has 0 fully saturated rings. The summed E-state index contributed by atoms with van der Waals surface area (Å²) < 4.78 is 0. The standard InChI is InChI=1S/C27H27N3/c1-19-4-10-22(11-5-19)16-25-28-26(17-23-12-6-20(2)7-13-23)30-27(29-25)18-24-14-8-21(3)9-15-24/h4-15H,16-18H2,1-3H3. The molecule has 4 aromatic rings. The zero-order chi connectivity index (χ0) is 20.9. The molecule has 0 unspecified atom stereocenters. The Morgan fingerprint density at radius 3 is 0.867 bits per heavy atom. The van der Waals surface area contributed by atoms with E-state index in [4.69, 9.17) is 15.0 Å². The van der Waals surface area contributed by atoms with Crippen LogP contribution >= 0.6 is 0 Å². The topological polar surface area (TPSA) is 38.7 Å². The molecule has 1 heterocycles. The quantitative estimate of drug-likeness (QED) is 0.430. The summed E-state index contributed by atoms with van der Waals surface area (Å²) in [6.45, 7) is 6.31. The lowest BCUT2D eigenvalue weighted by Crippen LogP contribution is -2.09. The first-order valence-corrected chi connectivity index (χ1v) is 10.4. The summed E-state index contributed by atoms with van der Waals surface area (Å²) in [5.41, 5.74) is 7.43. The highest BCUT2D eigenvalue weighted by Gasteiger charge is 2.10. The summed E-state index contributed by atoms with van der Waals surface area (Å²) >= 11 is 0. The fourth-order valence-corrected chi connectivity index (χ4v) is 3.42. The molecule has 1 aromatic heterocycles. The maximum Gasteiger partial charge on any atom is 0.137 e. The van der Waals surface area contributed by atoms with E-state index in [1.807, 2.05) is 0 Å². The first kappa shape index (κ1) is 20.0. The van der Waals surface area contributed by atoms with Gasteiger partial charge in [0.25, 0.3) is 0 Å². The molecule has 3 heteroatoms. The number of nitrogens with zero attached hydrogens (tertiary/aromatic N) is 3. The summed E-state index contributed by atoms with van der Waals surface area (Å²) in [5, 5.41) is 0. The zero-order valence-corrected chi connectivity index (χ0v) is 17.9. The molecule has 0 amide bonds. The van der Waals surface area contributed by atoms with Crippen LogP contribution in [0.4, 0.5) is 0 Å². The first-order chi connectivity index (χ1) is 14.5. The minimum Gasteiger partial charge on any atom is -0.217 e. The van der Waals surface area contributed by atoms with Gasteiger partial charge in [-0.3, -0.25) is 0 Å². The fraction of sp³-hybridized carbons (Fsp3) is 0.222. The van der Waals surface area contributed by atoms with Gasteiger partial charge in [0.1, 0.15) is 17.5 Å². The van der Waals surface area contributed by atoms with Gasteiger partial charge in [-0.2, -0.15) is 0 Å². The Labute approximate surface area is 178 Å². The largest absolute Gasteiger partial charge is 0.217 e. The lowest BCUT2D eigenvalue weighted by Gasteiger charge is -2.09. The van der Waals surface area contributed by atoms with Crippen molar-refractivity contribution in [1.82, 2.24) is 15.0 Å². The van der Waals surface area contributed by atoms with Crippen LogP contribution in [0.2, 0.25) is 0 Å². The van der Waals surface area contributed by atoms with Gasteiger partial charge >= 0.3 is 0 Å². The maximum atomic E-state index is 4.80. The third-order valence-electron chi connectivity index (χ3n) is 5.22. The van der Waals surface area contributed by atoms with Crippen LogP contribution in [0.1, 0.15) is 50.9 Å². The van der Waals surface area contributed by atoms with E-state index in [1.165, 1.54) is 33.4 Å². The molecule has 0 radical (unpaired) electrons. The Bertz CT molecular complexity index is 954. The molecule has 0 aliphatic heterocycles. The molecule has 0 aliphatic carbocycles. The van der Waals surface area contributed by atoms with E-state index in [9.17, 15) is 0 Å². The van der Waals surface area contributed by atoms with E-state index >= 15 is 0 Å². The molecule has 0 bridgehead atoms. The van der Waals surface area contributed by atoms with Crippen molar-refractivity contribution in [3.8, 4) is 0 Å². The van der Waals surface area contributed by atoms with Crippen molar-refractivity contribution in [2.75, 3.05) is 0 Å². The fourth-order valence-electron chi connectivity index (χ4n) is 3.42. The van der Waals surface area contributed by atoms with Gasteiger partial charge in [-0.1, -0.05) is 89.5 Å². The van der Waals surface area contributed by atoms with Crippen LogP contribution in [-0.2, 0) is 19.3 Å². The summed E-state index contributed by atoms with van der Waals surface area (Å²) in [5.74, 6) is 2.49. The Kier molecular flexibility index (Phi) is 5.99. The molecule has 150 valence electrons. The summed E-state index contributed by atoms with van der Waals surface area (Å²) in [6, 6.07) is 25.7. The zero-order valence-electron chi connectivity index (χ0n) is 17.9. The monoisotopic (exact) mass is 393 g/mol. The molecular weight excluding hydrogens is 366 g/mol. The highest BCUT2D eigenvalue weighted by atomic mass is 15.0. The molecule has 0 N–H and O–H groups in total. The molecule has 0 spiro atoms. The number of hydrogen-bond acceptors (Lipinski definition) is 3. The molecular formula is C27H27N3. The third kappa shape index (κ3) is 5.38. The number of rotatable bonds is 6. The van der Waals surface area contributed by atoms with Gasteiger partial charge in [0.15, 0.2) is 0 Å². The predicted octanol–water partition coefficient (Wildman–Crippen LogP) is 5.57. The summed E-state index contributed by atoms with van der Waals surface area (Å²) in [6.07, 6.45) is 2.14. The van der Waals surface area contributed by atoms with Gasteiger partial charge in [-0.15, -0.1) is 0 Å². The average molecular weight is 394 g/mol. The second kappa shape index (κ2) is 9.00. The van der Waals surface area contributed by atoms with Crippen molar-refractivity contribution in [3.05, 3.63) is 124 Å². The van der Waals surface area contributed by atoms with Gasteiger partial charge in [0.2, 0.25) is 0 Å². The van der Waals surface area contributed by atoms with Crippen molar-refractivity contribution in [3.63, 3.8) is 0 Å². The van der Waals surface area contributed by atoms with Gasteiger partial charge < -0.3 is 0 Å². The lowest BCUT2D eigenvalue weighted by atomic mass is 10.1. The summed E-state index contributed by atoms with van der Waals surface area (Å²) in [4.78, 5) is 14.4. The lowest BCUT2D eigenvalue weighted by molar-refractivity contribution is 0.796. The van der Waals surface area contributed by atoms with Crippen LogP contribution < -0.4 is 0 Å². The Balaban J connectivity index is 1.64. The van der Waals surface area contributed by atoms with Crippen LogP contribution in [0.5, 0.6) is 0 Å². The van der Waals surface area contributed by atoms with Crippen LogP contribution in [0.3, 0.4) is 0 Å². The minimum atomic E-state index is 0.713. The average Bonchev–Trinajstić information content (AvgIpc) is 2.73. The SMILES string of the molecule is Cc1ccc(Cc2nc(Cc3ccc(C)cc3)nc(Cc3ccc(C)cc3)n2)cc1. The van der Waals surface area contributed by atoms with Crippen molar-refractivity contribution in [1.29, 1.82) is 0 Å². The summed E-state index contributed by atoms with van der Waals surface area (Å²) in [7, 11) is 0. The molecule has 30 heavy (non-hydrogen) atoms. The van der Waals surface area contributed by atoms with Crippen molar-refractivity contribution in [2.24, 2.45) is 0 Å². The van der Waals surface area contributed by atoms with E-state index in [0.29, 0.717) is 19.3 Å². The second-order valence-corrected chi connectivity index (χ2v) is 8.07. The normalized spacial score (nSPS) is 10.9. The highest BCUT2D eigenvalue weighted by molar-refractivity contribution is 5.28. The van der Waals surface area contributed by atoms with Crippen molar-refractivity contribution in [2.45, 2.75) is 40.0 Å². The number of hydrogen-bond donors (Lipinski definition) is 0. The molecule has 4 rings (SSSR count). The Morgan fingerprint density at radius 2 is 0.633 bits per heavy atom. The van der Waals surface area contributed by atoms with Crippen LogP contribution in [0.25, 0.3) is 0 Å². The van der Waals surface area contributed by atoms with Gasteiger partial charge in [-0.05, 0) is 37.5 Å². The van der Waals surface area contributed by atoms with Crippen molar-refractivity contribution >= 4 is 0 Å². The molecule has 0 atom stereocenters. The number of aromatic nitrogens is 3. The Hall–Kier alpha value is -3.33. The predicted molar refractivity (Wildman–Crippen MR) is 122 cm³/mol. The van der Waals surface area contributed by atoms with E-state index in [1.54, 1.807) is 0 Å². The maximum absolute atomic E-state index is 4.80. The smallest absolute Gasteiger partial charge is 0.137 e. The third-order valence-corrected chi connectivity index (χ3v) is 5.22. The van der Waals surface area contributed by atoms with E-state index < -0.39 is 0 Å². The van der Waals surface area contributed by atoms with Crippen LogP contribution in [0.15, 0.2) is 72.8 Å². The number of benzene rings is 3. The van der Waals surface area contributed by atoms with Gasteiger partial charge in [-0.25, -0.2) is 15.0 Å².